The highest BCUT2D eigenvalue weighted by molar-refractivity contribution is 8.03. The molecule has 0 heterocycles. The SMILES string of the molecule is CCCCCC/C=C/C1C=C(SC)C(=O)/C1=C\CCCCCC(=O)OC. The number of ketones is 1. The third-order valence-electron chi connectivity index (χ3n) is 4.64. The first-order chi connectivity index (χ1) is 12.6. The summed E-state index contributed by atoms with van der Waals surface area (Å²) in [6.45, 7) is 2.22. The number of allylic oxidation sites excluding steroid dienone is 6. The minimum atomic E-state index is -0.146. The molecule has 3 nitrogen and oxygen atoms in total. The van der Waals surface area contributed by atoms with E-state index in [-0.39, 0.29) is 17.7 Å². The number of methoxy groups -OCH3 is 1. The molecule has 0 amide bonds. The number of rotatable bonds is 13. The van der Waals surface area contributed by atoms with E-state index in [9.17, 15) is 9.59 Å². The average Bonchev–Trinajstić information content (AvgIpc) is 2.95. The number of hydrogen-bond acceptors (Lipinski definition) is 4. The number of ether oxygens (including phenoxy) is 1. The fraction of sp³-hybridized carbons (Fsp3) is 0.636. The molecule has 0 aliphatic heterocycles. The van der Waals surface area contributed by atoms with Crippen LogP contribution in [0.5, 0.6) is 0 Å². The zero-order chi connectivity index (χ0) is 19.2. The van der Waals surface area contributed by atoms with Crippen LogP contribution in [0.3, 0.4) is 0 Å². The number of Topliss-reactive ketones (excluding diaryl/α,β-unsaturated/α-hetero) is 1. The topological polar surface area (TPSA) is 43.4 Å². The molecule has 0 aromatic rings. The van der Waals surface area contributed by atoms with Gasteiger partial charge < -0.3 is 4.74 Å². The summed E-state index contributed by atoms with van der Waals surface area (Å²) in [5.41, 5.74) is 0.923. The Bertz CT molecular complexity index is 532. The van der Waals surface area contributed by atoms with Crippen molar-refractivity contribution in [3.8, 4) is 0 Å². The number of unbranched alkanes of at least 4 members (excludes halogenated alkanes) is 7. The Labute approximate surface area is 163 Å². The Kier molecular flexibility index (Phi) is 12.1. The van der Waals surface area contributed by atoms with Crippen molar-refractivity contribution in [3.63, 3.8) is 0 Å². The van der Waals surface area contributed by atoms with Crippen molar-refractivity contribution in [3.05, 3.63) is 34.8 Å². The van der Waals surface area contributed by atoms with Crippen LogP contribution < -0.4 is 0 Å². The van der Waals surface area contributed by atoms with Gasteiger partial charge >= 0.3 is 5.97 Å². The molecule has 0 N–H and O–H groups in total. The van der Waals surface area contributed by atoms with E-state index in [0.717, 1.165) is 42.6 Å². The molecule has 1 atom stereocenters. The molecule has 1 aliphatic rings. The van der Waals surface area contributed by atoms with Crippen molar-refractivity contribution < 1.29 is 14.3 Å². The zero-order valence-electron chi connectivity index (χ0n) is 16.6. The molecule has 0 aromatic heterocycles. The van der Waals surface area contributed by atoms with Crippen LogP contribution in [0.15, 0.2) is 34.8 Å². The summed E-state index contributed by atoms with van der Waals surface area (Å²) in [5.74, 6) is 0.172. The Morgan fingerprint density at radius 3 is 2.58 bits per heavy atom. The molecule has 0 spiro atoms. The smallest absolute Gasteiger partial charge is 0.305 e. The van der Waals surface area contributed by atoms with Gasteiger partial charge in [0.15, 0.2) is 5.78 Å². The Morgan fingerprint density at radius 2 is 1.88 bits per heavy atom. The van der Waals surface area contributed by atoms with Crippen molar-refractivity contribution in [2.24, 2.45) is 5.92 Å². The van der Waals surface area contributed by atoms with Gasteiger partial charge in [0.25, 0.3) is 0 Å². The summed E-state index contributed by atoms with van der Waals surface area (Å²) in [7, 11) is 1.42. The van der Waals surface area contributed by atoms with Gasteiger partial charge in [0.2, 0.25) is 0 Å². The first kappa shape index (κ1) is 22.8. The maximum absolute atomic E-state index is 12.5. The number of carbonyl (C=O) groups is 2. The van der Waals surface area contributed by atoms with Gasteiger partial charge in [-0.25, -0.2) is 0 Å². The zero-order valence-corrected chi connectivity index (χ0v) is 17.4. The quantitative estimate of drug-likeness (QED) is 0.170. The second kappa shape index (κ2) is 13.9. The largest absolute Gasteiger partial charge is 0.469 e. The first-order valence-electron chi connectivity index (χ1n) is 9.88. The van der Waals surface area contributed by atoms with Gasteiger partial charge in [-0.3, -0.25) is 9.59 Å². The van der Waals surface area contributed by atoms with Gasteiger partial charge in [0, 0.05) is 17.9 Å². The molecule has 26 heavy (non-hydrogen) atoms. The molecule has 0 fully saturated rings. The third-order valence-corrected chi connectivity index (χ3v) is 5.40. The van der Waals surface area contributed by atoms with Crippen LogP contribution in [-0.2, 0) is 14.3 Å². The number of thioether (sulfide) groups is 1. The summed E-state index contributed by atoms with van der Waals surface area (Å²) < 4.78 is 4.65. The number of hydrogen-bond donors (Lipinski definition) is 0. The Morgan fingerprint density at radius 1 is 1.15 bits per heavy atom. The monoisotopic (exact) mass is 378 g/mol. The minimum absolute atomic E-state index is 0.131. The maximum Gasteiger partial charge on any atom is 0.305 e. The highest BCUT2D eigenvalue weighted by Gasteiger charge is 2.27. The van der Waals surface area contributed by atoms with Gasteiger partial charge in [-0.15, -0.1) is 11.8 Å². The van der Waals surface area contributed by atoms with Crippen molar-refractivity contribution >= 4 is 23.5 Å². The molecule has 4 heteroatoms. The Hall–Kier alpha value is -1.29. The summed E-state index contributed by atoms with van der Waals surface area (Å²) >= 11 is 1.54. The summed E-state index contributed by atoms with van der Waals surface area (Å²) in [6.07, 6.45) is 20.9. The van der Waals surface area contributed by atoms with E-state index in [1.807, 2.05) is 6.26 Å². The molecular formula is C22H34O3S. The fourth-order valence-corrected chi connectivity index (χ4v) is 3.64. The van der Waals surface area contributed by atoms with Gasteiger partial charge in [-0.2, -0.15) is 0 Å². The highest BCUT2D eigenvalue weighted by atomic mass is 32.2. The van der Waals surface area contributed by atoms with Crippen molar-refractivity contribution in [2.45, 2.75) is 71.1 Å². The number of esters is 1. The molecule has 0 saturated carbocycles. The second-order valence-corrected chi connectivity index (χ2v) is 7.55. The van der Waals surface area contributed by atoms with E-state index in [4.69, 9.17) is 0 Å². The third kappa shape index (κ3) is 8.39. The van der Waals surface area contributed by atoms with E-state index >= 15 is 0 Å². The summed E-state index contributed by atoms with van der Waals surface area (Å²) in [6, 6.07) is 0. The molecule has 1 rings (SSSR count). The van der Waals surface area contributed by atoms with Crippen LogP contribution in [0, 0.1) is 5.92 Å². The van der Waals surface area contributed by atoms with Gasteiger partial charge in [-0.1, -0.05) is 56.9 Å². The van der Waals surface area contributed by atoms with Gasteiger partial charge in [-0.05, 0) is 38.4 Å². The van der Waals surface area contributed by atoms with Gasteiger partial charge in [0.05, 0.1) is 12.0 Å². The normalized spacial score (nSPS) is 18.7. The van der Waals surface area contributed by atoms with Crippen molar-refractivity contribution in [1.29, 1.82) is 0 Å². The predicted octanol–water partition coefficient (Wildman–Crippen LogP) is 6.01. The average molecular weight is 379 g/mol. The lowest BCUT2D eigenvalue weighted by Crippen LogP contribution is -2.02. The van der Waals surface area contributed by atoms with Crippen LogP contribution in [0.4, 0.5) is 0 Å². The van der Waals surface area contributed by atoms with Crippen LogP contribution in [-0.4, -0.2) is 25.1 Å². The molecule has 0 bridgehead atoms. The second-order valence-electron chi connectivity index (χ2n) is 6.70. The highest BCUT2D eigenvalue weighted by Crippen LogP contribution is 2.33. The predicted molar refractivity (Wildman–Crippen MR) is 111 cm³/mol. The van der Waals surface area contributed by atoms with E-state index in [1.54, 1.807) is 0 Å². The van der Waals surface area contributed by atoms with E-state index in [2.05, 4.69) is 36.0 Å². The standard InChI is InChI=1S/C22H34O3S/c1-4-5-6-7-8-11-14-18-17-20(26-3)22(24)19(18)15-12-9-10-13-16-21(23)25-2/h11,14-15,17-18H,4-10,12-13,16H2,1-3H3/b14-11+,19-15-. The fourth-order valence-electron chi connectivity index (χ4n) is 3.05. The van der Waals surface area contributed by atoms with Crippen LogP contribution in [0.25, 0.3) is 0 Å². The lowest BCUT2D eigenvalue weighted by atomic mass is 9.98. The van der Waals surface area contributed by atoms with Gasteiger partial charge in [0.1, 0.15) is 0 Å². The van der Waals surface area contributed by atoms with Crippen molar-refractivity contribution in [1.82, 2.24) is 0 Å². The molecule has 146 valence electrons. The van der Waals surface area contributed by atoms with Crippen LogP contribution in [0.2, 0.25) is 0 Å². The molecule has 0 saturated heterocycles. The summed E-state index contributed by atoms with van der Waals surface area (Å²) in [4.78, 5) is 24.5. The van der Waals surface area contributed by atoms with E-state index in [1.165, 1.54) is 44.6 Å². The van der Waals surface area contributed by atoms with Crippen molar-refractivity contribution in [2.75, 3.05) is 13.4 Å². The lowest BCUT2D eigenvalue weighted by Gasteiger charge is -2.05. The van der Waals surface area contributed by atoms with Crippen LogP contribution >= 0.6 is 11.8 Å². The molecule has 1 unspecified atom stereocenters. The molecule has 0 radical (unpaired) electrons. The van der Waals surface area contributed by atoms with E-state index < -0.39 is 0 Å². The van der Waals surface area contributed by atoms with E-state index in [0.29, 0.717) is 6.42 Å². The first-order valence-corrected chi connectivity index (χ1v) is 11.1. The number of carbonyl (C=O) groups excluding carboxylic acids is 2. The maximum atomic E-state index is 12.5. The molecular weight excluding hydrogens is 344 g/mol. The Balaban J connectivity index is 2.47. The molecule has 0 aromatic carbocycles. The minimum Gasteiger partial charge on any atom is -0.469 e. The lowest BCUT2D eigenvalue weighted by molar-refractivity contribution is -0.140. The molecule has 1 aliphatic carbocycles. The summed E-state index contributed by atoms with van der Waals surface area (Å²) in [5, 5.41) is 0. The van der Waals surface area contributed by atoms with Crippen LogP contribution in [0.1, 0.15) is 71.1 Å².